The Morgan fingerprint density at radius 3 is 1.65 bits per heavy atom. The van der Waals surface area contributed by atoms with E-state index in [4.69, 9.17) is 9.97 Å². The van der Waals surface area contributed by atoms with Crippen LogP contribution in [0.25, 0.3) is 33.5 Å². The van der Waals surface area contributed by atoms with Gasteiger partial charge in [0.2, 0.25) is 0 Å². The molecule has 0 spiro atoms. The molecule has 0 radical (unpaired) electrons. The minimum atomic E-state index is -2.96. The second-order valence-corrected chi connectivity index (χ2v) is 14.2. The SMILES string of the molecule is c1ccc(-c2cccc([Si](c3ccccc3)(c3cncc(-c4ccncc4)c3)c3cncc(-c4ccccn4)c3)c2)cc1. The van der Waals surface area contributed by atoms with Crippen molar-refractivity contribution in [2.24, 2.45) is 0 Å². The zero-order valence-electron chi connectivity index (χ0n) is 23.5. The molecule has 0 aliphatic carbocycles. The summed E-state index contributed by atoms with van der Waals surface area (Å²) in [6, 6.07) is 45.1. The normalized spacial score (nSPS) is 12.4. The molecule has 4 aromatic heterocycles. The number of hydrogen-bond donors (Lipinski definition) is 0. The molecule has 204 valence electrons. The summed E-state index contributed by atoms with van der Waals surface area (Å²) in [6.07, 6.45) is 13.4. The van der Waals surface area contributed by atoms with Gasteiger partial charge in [0, 0.05) is 54.5 Å². The number of benzene rings is 3. The Labute approximate surface area is 252 Å². The van der Waals surface area contributed by atoms with Crippen LogP contribution in [0.2, 0.25) is 0 Å². The van der Waals surface area contributed by atoms with Crippen LogP contribution in [0.5, 0.6) is 0 Å². The van der Waals surface area contributed by atoms with Crippen molar-refractivity contribution >= 4 is 28.8 Å². The predicted molar refractivity (Wildman–Crippen MR) is 178 cm³/mol. The van der Waals surface area contributed by atoms with Gasteiger partial charge in [-0.3, -0.25) is 19.9 Å². The molecule has 7 rings (SSSR count). The van der Waals surface area contributed by atoms with Gasteiger partial charge in [-0.25, -0.2) is 0 Å². The maximum atomic E-state index is 4.85. The zero-order valence-corrected chi connectivity index (χ0v) is 24.5. The fraction of sp³-hybridized carbons (Fsp3) is 0. The van der Waals surface area contributed by atoms with Gasteiger partial charge in [0.05, 0.1) is 5.69 Å². The van der Waals surface area contributed by atoms with Crippen molar-refractivity contribution < 1.29 is 0 Å². The number of aromatic nitrogens is 4. The lowest BCUT2D eigenvalue weighted by Crippen LogP contribution is -2.75. The van der Waals surface area contributed by atoms with Crippen molar-refractivity contribution in [2.75, 3.05) is 0 Å². The summed E-state index contributed by atoms with van der Waals surface area (Å²) in [7, 11) is -2.96. The standard InChI is InChI=1S/C38H28N4Si/c1-3-10-29(11-4-1)31-12-9-15-35(22-31)43(34-13-5-2-6-14-34,36-23-32(25-40-27-36)30-17-20-39-21-18-30)37-24-33(26-41-28-37)38-16-7-8-19-42-38/h1-28H. The molecule has 0 N–H and O–H groups in total. The molecular weight excluding hydrogens is 541 g/mol. The summed E-state index contributed by atoms with van der Waals surface area (Å²) in [6.45, 7) is 0. The number of rotatable bonds is 7. The van der Waals surface area contributed by atoms with E-state index in [2.05, 4.69) is 107 Å². The molecule has 4 nitrogen and oxygen atoms in total. The van der Waals surface area contributed by atoms with Gasteiger partial charge in [0.25, 0.3) is 0 Å². The fourth-order valence-electron chi connectivity index (χ4n) is 5.92. The van der Waals surface area contributed by atoms with Crippen LogP contribution in [0.4, 0.5) is 0 Å². The maximum Gasteiger partial charge on any atom is 0.182 e. The Bertz CT molecular complexity index is 1760. The third-order valence-corrected chi connectivity index (χ3v) is 12.6. The average Bonchev–Trinajstić information content (AvgIpc) is 3.11. The molecule has 0 fully saturated rings. The van der Waals surface area contributed by atoms with Gasteiger partial charge in [0.15, 0.2) is 8.07 Å². The van der Waals surface area contributed by atoms with E-state index in [1.54, 1.807) is 0 Å². The molecule has 5 heteroatoms. The molecular formula is C38H28N4Si. The molecule has 0 saturated heterocycles. The lowest BCUT2D eigenvalue weighted by atomic mass is 10.1. The minimum absolute atomic E-state index is 0.898. The summed E-state index contributed by atoms with van der Waals surface area (Å²) >= 11 is 0. The highest BCUT2D eigenvalue weighted by molar-refractivity contribution is 7.20. The largest absolute Gasteiger partial charge is 0.265 e. The van der Waals surface area contributed by atoms with Crippen molar-refractivity contribution in [1.29, 1.82) is 0 Å². The fourth-order valence-corrected chi connectivity index (χ4v) is 10.6. The minimum Gasteiger partial charge on any atom is -0.265 e. The Kier molecular flexibility index (Phi) is 7.22. The molecule has 0 amide bonds. The first-order chi connectivity index (χ1) is 21.3. The number of hydrogen-bond acceptors (Lipinski definition) is 4. The first kappa shape index (κ1) is 26.4. The number of pyridine rings is 4. The van der Waals surface area contributed by atoms with E-state index in [0.29, 0.717) is 0 Å². The highest BCUT2D eigenvalue weighted by atomic mass is 28.3. The second kappa shape index (κ2) is 11.8. The monoisotopic (exact) mass is 568 g/mol. The van der Waals surface area contributed by atoms with Gasteiger partial charge in [-0.1, -0.05) is 97.1 Å². The smallest absolute Gasteiger partial charge is 0.182 e. The molecule has 0 aliphatic rings. The third kappa shape index (κ3) is 5.07. The first-order valence-corrected chi connectivity index (χ1v) is 16.3. The van der Waals surface area contributed by atoms with Crippen molar-refractivity contribution in [3.63, 3.8) is 0 Å². The molecule has 3 aromatic carbocycles. The van der Waals surface area contributed by atoms with Crippen LogP contribution in [-0.2, 0) is 0 Å². The van der Waals surface area contributed by atoms with Crippen LogP contribution in [0.15, 0.2) is 171 Å². The lowest BCUT2D eigenvalue weighted by molar-refractivity contribution is 1.29. The van der Waals surface area contributed by atoms with Gasteiger partial charge < -0.3 is 0 Å². The van der Waals surface area contributed by atoms with Gasteiger partial charge >= 0.3 is 0 Å². The lowest BCUT2D eigenvalue weighted by Gasteiger charge is -2.34. The van der Waals surface area contributed by atoms with E-state index in [0.717, 1.165) is 22.4 Å². The molecule has 1 atom stereocenters. The van der Waals surface area contributed by atoms with Crippen molar-refractivity contribution in [1.82, 2.24) is 19.9 Å². The van der Waals surface area contributed by atoms with E-state index in [1.165, 1.54) is 31.9 Å². The topological polar surface area (TPSA) is 51.6 Å². The van der Waals surface area contributed by atoms with Crippen LogP contribution in [0, 0.1) is 0 Å². The summed E-state index contributed by atoms with van der Waals surface area (Å²) in [5, 5.41) is 4.86. The zero-order chi connectivity index (χ0) is 28.9. The van der Waals surface area contributed by atoms with Crippen LogP contribution < -0.4 is 20.7 Å². The van der Waals surface area contributed by atoms with E-state index >= 15 is 0 Å². The quantitative estimate of drug-likeness (QED) is 0.234. The molecule has 0 bridgehead atoms. The Hall–Kier alpha value is -5.52. The van der Waals surface area contributed by atoms with Gasteiger partial charge in [-0.2, -0.15) is 0 Å². The summed E-state index contributed by atoms with van der Waals surface area (Å²) in [5.41, 5.74) is 6.39. The molecule has 4 heterocycles. The van der Waals surface area contributed by atoms with E-state index in [-0.39, 0.29) is 0 Å². The molecule has 7 aromatic rings. The van der Waals surface area contributed by atoms with Crippen LogP contribution in [0.3, 0.4) is 0 Å². The van der Waals surface area contributed by atoms with Crippen LogP contribution in [0.1, 0.15) is 0 Å². The maximum absolute atomic E-state index is 4.85. The first-order valence-electron chi connectivity index (χ1n) is 14.3. The van der Waals surface area contributed by atoms with E-state index in [9.17, 15) is 0 Å². The predicted octanol–water partition coefficient (Wildman–Crippen LogP) is 5.65. The van der Waals surface area contributed by atoms with Crippen LogP contribution >= 0.6 is 0 Å². The molecule has 43 heavy (non-hydrogen) atoms. The summed E-state index contributed by atoms with van der Waals surface area (Å²) in [4.78, 5) is 18.6. The average molecular weight is 569 g/mol. The van der Waals surface area contributed by atoms with Gasteiger partial charge in [0.1, 0.15) is 0 Å². The molecule has 0 aliphatic heterocycles. The highest BCUT2D eigenvalue weighted by Gasteiger charge is 2.42. The third-order valence-electron chi connectivity index (χ3n) is 7.93. The molecule has 1 unspecified atom stereocenters. The summed E-state index contributed by atoms with van der Waals surface area (Å²) < 4.78 is 0. The van der Waals surface area contributed by atoms with Crippen molar-refractivity contribution in [3.05, 3.63) is 171 Å². The number of nitrogens with zero attached hydrogens (tertiary/aromatic N) is 4. The Balaban J connectivity index is 1.56. The van der Waals surface area contributed by atoms with Gasteiger partial charge in [-0.15, -0.1) is 0 Å². The Morgan fingerprint density at radius 1 is 0.349 bits per heavy atom. The van der Waals surface area contributed by atoms with Crippen molar-refractivity contribution in [3.8, 4) is 33.5 Å². The second-order valence-electron chi connectivity index (χ2n) is 10.4. The highest BCUT2D eigenvalue weighted by Crippen LogP contribution is 2.22. The van der Waals surface area contributed by atoms with Crippen LogP contribution in [-0.4, -0.2) is 28.0 Å². The van der Waals surface area contributed by atoms with Gasteiger partial charge in [-0.05, 0) is 67.8 Å². The Morgan fingerprint density at radius 2 is 0.930 bits per heavy atom. The van der Waals surface area contributed by atoms with Crippen molar-refractivity contribution in [2.45, 2.75) is 0 Å². The summed E-state index contributed by atoms with van der Waals surface area (Å²) in [5.74, 6) is 0. The van der Waals surface area contributed by atoms with E-state index in [1.807, 2.05) is 73.7 Å². The van der Waals surface area contributed by atoms with E-state index < -0.39 is 8.07 Å². The molecule has 0 saturated carbocycles.